The van der Waals surface area contributed by atoms with Crippen LogP contribution in [0.4, 0.5) is 11.4 Å². The number of benzene rings is 1. The van der Waals surface area contributed by atoms with Crippen molar-refractivity contribution in [3.8, 4) is 0 Å². The van der Waals surface area contributed by atoms with Gasteiger partial charge in [-0.1, -0.05) is 0 Å². The minimum atomic E-state index is -4.97. The fourth-order valence-corrected chi connectivity index (χ4v) is 2.32. The van der Waals surface area contributed by atoms with Gasteiger partial charge in [0.2, 0.25) is 0 Å². The quantitative estimate of drug-likeness (QED) is 0.303. The Hall–Kier alpha value is 1.91. The van der Waals surface area contributed by atoms with Crippen LogP contribution in [0.15, 0.2) is 21.9 Å². The first-order valence-corrected chi connectivity index (χ1v) is 6.46. The van der Waals surface area contributed by atoms with E-state index in [1.54, 1.807) is 0 Å². The van der Waals surface area contributed by atoms with Crippen LogP contribution in [-0.2, 0) is 20.2 Å². The van der Waals surface area contributed by atoms with Crippen LogP contribution in [0.25, 0.3) is 0 Å². The van der Waals surface area contributed by atoms with Crippen LogP contribution in [0.2, 0.25) is 0 Å². The van der Waals surface area contributed by atoms with Gasteiger partial charge in [-0.15, -0.1) is 0 Å². The van der Waals surface area contributed by atoms with Crippen molar-refractivity contribution in [2.75, 3.05) is 11.5 Å². The minimum absolute atomic E-state index is 0. The zero-order valence-electron chi connectivity index (χ0n) is 9.58. The summed E-state index contributed by atoms with van der Waals surface area (Å²) < 4.78 is 64.0. The Balaban J connectivity index is 0. The van der Waals surface area contributed by atoms with Gasteiger partial charge in [0.1, 0.15) is 20.2 Å². The largest absolute Gasteiger partial charge is 1.00 e. The topological polar surface area (TPSA) is 166 Å². The number of hydrogen-bond donors (Lipinski definition) is 2. The molecule has 8 nitrogen and oxygen atoms in total. The number of nitrogen functional groups attached to an aromatic ring is 2. The molecule has 0 atom stereocenters. The SMILES string of the molecule is Nc1cc(N)c(S(=O)(=O)[O-])cc1S(=O)(=O)[O-].[K+].[K+]. The van der Waals surface area contributed by atoms with E-state index in [9.17, 15) is 25.9 Å². The number of hydrogen-bond acceptors (Lipinski definition) is 8. The van der Waals surface area contributed by atoms with E-state index in [-0.39, 0.29) is 103 Å². The van der Waals surface area contributed by atoms with Crippen molar-refractivity contribution in [1.82, 2.24) is 0 Å². The normalized spacial score (nSPS) is 11.2. The van der Waals surface area contributed by atoms with Gasteiger partial charge in [0, 0.05) is 0 Å². The van der Waals surface area contributed by atoms with E-state index >= 15 is 0 Å². The molecular formula is C6H6K2N2O6S2. The monoisotopic (exact) mass is 344 g/mol. The van der Waals surface area contributed by atoms with Crippen molar-refractivity contribution >= 4 is 31.6 Å². The molecule has 0 fully saturated rings. The van der Waals surface area contributed by atoms with Gasteiger partial charge in [-0.2, -0.15) is 0 Å². The molecule has 0 aromatic heterocycles. The van der Waals surface area contributed by atoms with Crippen LogP contribution in [0.3, 0.4) is 0 Å². The van der Waals surface area contributed by atoms with Crippen LogP contribution in [0.1, 0.15) is 0 Å². The maximum absolute atomic E-state index is 10.7. The summed E-state index contributed by atoms with van der Waals surface area (Å²) in [7, 11) is -9.93. The van der Waals surface area contributed by atoms with E-state index in [4.69, 9.17) is 11.5 Å². The van der Waals surface area contributed by atoms with Gasteiger partial charge in [-0.05, 0) is 12.1 Å². The molecule has 0 unspecified atom stereocenters. The molecule has 90 valence electrons. The molecule has 18 heavy (non-hydrogen) atoms. The average molecular weight is 344 g/mol. The molecule has 0 saturated heterocycles. The van der Waals surface area contributed by atoms with Crippen molar-refractivity contribution < 1.29 is 129 Å². The van der Waals surface area contributed by atoms with E-state index in [1.165, 1.54) is 0 Å². The van der Waals surface area contributed by atoms with Crippen molar-refractivity contribution in [3.63, 3.8) is 0 Å². The first kappa shape index (κ1) is 22.2. The van der Waals surface area contributed by atoms with Gasteiger partial charge < -0.3 is 20.6 Å². The predicted octanol–water partition coefficient (Wildman–Crippen LogP) is -7.33. The molecule has 0 aliphatic rings. The molecule has 1 rings (SSSR count). The first-order valence-electron chi connectivity index (χ1n) is 3.64. The summed E-state index contributed by atoms with van der Waals surface area (Å²) >= 11 is 0. The first-order chi connectivity index (χ1) is 7.03. The van der Waals surface area contributed by atoms with Crippen LogP contribution < -0.4 is 114 Å². The van der Waals surface area contributed by atoms with Crippen molar-refractivity contribution in [2.45, 2.75) is 9.79 Å². The third kappa shape index (κ3) is 5.73. The summed E-state index contributed by atoms with van der Waals surface area (Å²) in [6.07, 6.45) is 0. The van der Waals surface area contributed by atoms with E-state index in [1.807, 2.05) is 0 Å². The Morgan fingerprint density at radius 3 is 1.28 bits per heavy atom. The molecule has 12 heteroatoms. The third-order valence-electron chi connectivity index (χ3n) is 1.68. The summed E-state index contributed by atoms with van der Waals surface area (Å²) in [5, 5.41) is 0. The second-order valence-electron chi connectivity index (χ2n) is 2.84. The van der Waals surface area contributed by atoms with E-state index < -0.39 is 41.4 Å². The molecule has 0 bridgehead atoms. The molecule has 0 spiro atoms. The fourth-order valence-electron chi connectivity index (χ4n) is 1.03. The maximum atomic E-state index is 10.7. The molecule has 0 aliphatic carbocycles. The Morgan fingerprint density at radius 1 is 0.778 bits per heavy atom. The van der Waals surface area contributed by atoms with Crippen LogP contribution in [0.5, 0.6) is 0 Å². The van der Waals surface area contributed by atoms with Gasteiger partial charge in [0.15, 0.2) is 0 Å². The van der Waals surface area contributed by atoms with Crippen LogP contribution >= 0.6 is 0 Å². The van der Waals surface area contributed by atoms with Gasteiger partial charge in [-0.25, -0.2) is 16.8 Å². The van der Waals surface area contributed by atoms with Crippen molar-refractivity contribution in [1.29, 1.82) is 0 Å². The molecular weight excluding hydrogens is 338 g/mol. The summed E-state index contributed by atoms with van der Waals surface area (Å²) in [5.74, 6) is 0. The average Bonchev–Trinajstić information content (AvgIpc) is 1.97. The minimum Gasteiger partial charge on any atom is -0.744 e. The zero-order chi connectivity index (χ0) is 12.7. The Kier molecular flexibility index (Phi) is 9.61. The van der Waals surface area contributed by atoms with Gasteiger partial charge in [0.25, 0.3) is 0 Å². The molecule has 1 aromatic carbocycles. The van der Waals surface area contributed by atoms with Crippen molar-refractivity contribution in [2.24, 2.45) is 0 Å². The molecule has 0 saturated carbocycles. The summed E-state index contributed by atoms with van der Waals surface area (Å²) in [6.45, 7) is 0. The smallest absolute Gasteiger partial charge is 0.744 e. The fraction of sp³-hybridized carbons (Fsp3) is 0. The third-order valence-corrected chi connectivity index (χ3v) is 3.47. The Labute approximate surface area is 189 Å². The summed E-state index contributed by atoms with van der Waals surface area (Å²) in [5.41, 5.74) is 9.30. The second-order valence-corrected chi connectivity index (χ2v) is 5.53. The number of anilines is 2. The van der Waals surface area contributed by atoms with Crippen molar-refractivity contribution in [3.05, 3.63) is 12.1 Å². The maximum Gasteiger partial charge on any atom is 1.00 e. The van der Waals surface area contributed by atoms with E-state index in [0.29, 0.717) is 6.07 Å². The van der Waals surface area contributed by atoms with Gasteiger partial charge in [0.05, 0.1) is 21.2 Å². The standard InChI is InChI=1S/C6H8N2O6S2.2K/c7-3-1-4(8)6(16(12,13)14)2-5(3)15(9,10)11;;/h1-2H,7-8H2,(H,9,10,11)(H,12,13,14);;/q;2*+1/p-2. The molecule has 0 radical (unpaired) electrons. The van der Waals surface area contributed by atoms with E-state index in [2.05, 4.69) is 0 Å². The second kappa shape index (κ2) is 7.79. The molecule has 4 N–H and O–H groups in total. The zero-order valence-corrected chi connectivity index (χ0v) is 17.5. The van der Waals surface area contributed by atoms with Gasteiger partial charge >= 0.3 is 103 Å². The predicted molar refractivity (Wildman–Crippen MR) is 51.2 cm³/mol. The molecule has 0 amide bonds. The van der Waals surface area contributed by atoms with Gasteiger partial charge in [-0.3, -0.25) is 0 Å². The number of nitrogens with two attached hydrogens (primary N) is 2. The molecule has 0 aliphatic heterocycles. The summed E-state index contributed by atoms with van der Waals surface area (Å²) in [6, 6.07) is 1.09. The molecule has 0 heterocycles. The number of rotatable bonds is 2. The Bertz CT molecular complexity index is 589. The van der Waals surface area contributed by atoms with E-state index in [0.717, 1.165) is 6.07 Å². The molecule has 1 aromatic rings. The Morgan fingerprint density at radius 2 is 1.06 bits per heavy atom. The van der Waals surface area contributed by atoms with Crippen LogP contribution in [-0.4, -0.2) is 25.9 Å². The summed E-state index contributed by atoms with van der Waals surface area (Å²) in [4.78, 5) is -1.98. The van der Waals surface area contributed by atoms with Crippen LogP contribution in [0, 0.1) is 0 Å².